The molecule has 2 rings (SSSR count). The van der Waals surface area contributed by atoms with Gasteiger partial charge in [0.15, 0.2) is 0 Å². The average Bonchev–Trinajstić information content (AvgIpc) is 2.80. The molecule has 1 aliphatic heterocycles. The SMILES string of the molecule is Cc1nn(CC(=O)NC2CCOC2C)c(C)c1N. The van der Waals surface area contributed by atoms with Gasteiger partial charge in [-0.1, -0.05) is 0 Å². The van der Waals surface area contributed by atoms with Crippen molar-refractivity contribution in [2.45, 2.75) is 45.9 Å². The summed E-state index contributed by atoms with van der Waals surface area (Å²) in [5, 5.41) is 7.21. The number of amides is 1. The summed E-state index contributed by atoms with van der Waals surface area (Å²) in [5.74, 6) is -0.0528. The van der Waals surface area contributed by atoms with Crippen LogP contribution in [-0.4, -0.2) is 34.4 Å². The Balaban J connectivity index is 1.96. The second-order valence-electron chi connectivity index (χ2n) is 4.78. The molecule has 1 aromatic heterocycles. The van der Waals surface area contributed by atoms with Crippen molar-refractivity contribution in [1.29, 1.82) is 0 Å². The molecular formula is C12H20N4O2. The van der Waals surface area contributed by atoms with Crippen LogP contribution in [-0.2, 0) is 16.1 Å². The Morgan fingerprint density at radius 2 is 2.33 bits per heavy atom. The summed E-state index contributed by atoms with van der Waals surface area (Å²) >= 11 is 0. The third kappa shape index (κ3) is 2.48. The van der Waals surface area contributed by atoms with Crippen molar-refractivity contribution >= 4 is 11.6 Å². The van der Waals surface area contributed by atoms with Crippen molar-refractivity contribution in [1.82, 2.24) is 15.1 Å². The molecule has 0 aliphatic carbocycles. The van der Waals surface area contributed by atoms with E-state index in [0.29, 0.717) is 12.3 Å². The summed E-state index contributed by atoms with van der Waals surface area (Å²) in [6, 6.07) is 0.104. The van der Waals surface area contributed by atoms with Crippen molar-refractivity contribution in [3.8, 4) is 0 Å². The molecule has 6 heteroatoms. The maximum atomic E-state index is 11.9. The van der Waals surface area contributed by atoms with Crippen LogP contribution in [0.4, 0.5) is 5.69 Å². The predicted molar refractivity (Wildman–Crippen MR) is 68.1 cm³/mol. The lowest BCUT2D eigenvalue weighted by Crippen LogP contribution is -2.41. The Morgan fingerprint density at radius 1 is 1.61 bits per heavy atom. The van der Waals surface area contributed by atoms with E-state index in [2.05, 4.69) is 10.4 Å². The van der Waals surface area contributed by atoms with E-state index in [9.17, 15) is 4.79 Å². The molecule has 0 bridgehead atoms. The molecule has 1 fully saturated rings. The van der Waals surface area contributed by atoms with Gasteiger partial charge in [0.1, 0.15) is 6.54 Å². The maximum absolute atomic E-state index is 11.9. The second-order valence-corrected chi connectivity index (χ2v) is 4.78. The molecule has 0 spiro atoms. The van der Waals surface area contributed by atoms with Crippen LogP contribution in [0.25, 0.3) is 0 Å². The van der Waals surface area contributed by atoms with Gasteiger partial charge in [-0.2, -0.15) is 5.10 Å². The molecule has 2 unspecified atom stereocenters. The summed E-state index contributed by atoms with van der Waals surface area (Å²) < 4.78 is 7.05. The molecule has 1 amide bonds. The van der Waals surface area contributed by atoms with Crippen LogP contribution < -0.4 is 11.1 Å². The van der Waals surface area contributed by atoms with Gasteiger partial charge >= 0.3 is 0 Å². The smallest absolute Gasteiger partial charge is 0.242 e. The number of nitrogen functional groups attached to an aromatic ring is 1. The molecule has 2 atom stereocenters. The lowest BCUT2D eigenvalue weighted by atomic mass is 10.1. The van der Waals surface area contributed by atoms with Gasteiger partial charge in [-0.15, -0.1) is 0 Å². The highest BCUT2D eigenvalue weighted by Crippen LogP contribution is 2.15. The van der Waals surface area contributed by atoms with E-state index in [0.717, 1.165) is 17.8 Å². The summed E-state index contributed by atoms with van der Waals surface area (Å²) in [6.07, 6.45) is 0.950. The summed E-state index contributed by atoms with van der Waals surface area (Å²) in [6.45, 7) is 6.58. The van der Waals surface area contributed by atoms with Crippen molar-refractivity contribution in [3.05, 3.63) is 11.4 Å². The van der Waals surface area contributed by atoms with Gasteiger partial charge < -0.3 is 15.8 Å². The summed E-state index contributed by atoms with van der Waals surface area (Å²) in [7, 11) is 0. The Morgan fingerprint density at radius 3 is 2.83 bits per heavy atom. The quantitative estimate of drug-likeness (QED) is 0.814. The number of rotatable bonds is 3. The largest absolute Gasteiger partial charge is 0.396 e. The van der Waals surface area contributed by atoms with E-state index in [1.54, 1.807) is 4.68 Å². The van der Waals surface area contributed by atoms with Gasteiger partial charge in [0, 0.05) is 6.61 Å². The van der Waals surface area contributed by atoms with E-state index < -0.39 is 0 Å². The second kappa shape index (κ2) is 4.97. The van der Waals surface area contributed by atoms with E-state index in [1.807, 2.05) is 20.8 Å². The van der Waals surface area contributed by atoms with E-state index in [1.165, 1.54) is 0 Å². The first-order valence-electron chi connectivity index (χ1n) is 6.19. The number of hydrogen-bond acceptors (Lipinski definition) is 4. The first-order valence-corrected chi connectivity index (χ1v) is 6.19. The number of anilines is 1. The predicted octanol–water partition coefficient (Wildman–Crippen LogP) is 0.376. The number of nitrogens with one attached hydrogen (secondary N) is 1. The van der Waals surface area contributed by atoms with Gasteiger partial charge in [0.05, 0.1) is 29.2 Å². The number of carbonyl (C=O) groups is 1. The molecule has 3 N–H and O–H groups in total. The van der Waals surface area contributed by atoms with Gasteiger partial charge in [0.2, 0.25) is 5.91 Å². The number of nitrogens with zero attached hydrogens (tertiary/aromatic N) is 2. The van der Waals surface area contributed by atoms with E-state index in [4.69, 9.17) is 10.5 Å². The Kier molecular flexibility index (Phi) is 3.56. The molecule has 18 heavy (non-hydrogen) atoms. The van der Waals surface area contributed by atoms with Crippen LogP contribution in [0, 0.1) is 13.8 Å². The minimum atomic E-state index is -0.0528. The standard InChI is InChI=1S/C12H20N4O2/c1-7-12(13)8(2)16(15-7)6-11(17)14-10-4-5-18-9(10)3/h9-10H,4-6,13H2,1-3H3,(H,14,17). The Labute approximate surface area is 106 Å². The number of nitrogens with two attached hydrogens (primary N) is 1. The maximum Gasteiger partial charge on any atom is 0.242 e. The highest BCUT2D eigenvalue weighted by atomic mass is 16.5. The zero-order valence-corrected chi connectivity index (χ0v) is 11.1. The van der Waals surface area contributed by atoms with Crippen LogP contribution in [0.5, 0.6) is 0 Å². The normalized spacial score (nSPS) is 23.3. The number of carbonyl (C=O) groups excluding carboxylic acids is 1. The zero-order chi connectivity index (χ0) is 13.3. The van der Waals surface area contributed by atoms with Gasteiger partial charge in [0.25, 0.3) is 0 Å². The zero-order valence-electron chi connectivity index (χ0n) is 11.1. The number of aromatic nitrogens is 2. The molecular weight excluding hydrogens is 232 g/mol. The van der Waals surface area contributed by atoms with E-state index >= 15 is 0 Å². The third-order valence-electron chi connectivity index (χ3n) is 3.45. The average molecular weight is 252 g/mol. The topological polar surface area (TPSA) is 82.2 Å². The molecule has 0 radical (unpaired) electrons. The van der Waals surface area contributed by atoms with Crippen molar-refractivity contribution < 1.29 is 9.53 Å². The fraction of sp³-hybridized carbons (Fsp3) is 0.667. The Bertz CT molecular complexity index is 455. The van der Waals surface area contributed by atoms with E-state index in [-0.39, 0.29) is 24.6 Å². The van der Waals surface area contributed by atoms with Crippen LogP contribution in [0.2, 0.25) is 0 Å². The molecule has 1 aromatic rings. The van der Waals surface area contributed by atoms with Gasteiger partial charge in [-0.25, -0.2) is 0 Å². The molecule has 6 nitrogen and oxygen atoms in total. The fourth-order valence-electron chi connectivity index (χ4n) is 2.17. The highest BCUT2D eigenvalue weighted by Gasteiger charge is 2.25. The minimum Gasteiger partial charge on any atom is -0.396 e. The number of ether oxygens (including phenoxy) is 1. The van der Waals surface area contributed by atoms with Gasteiger partial charge in [-0.05, 0) is 27.2 Å². The van der Waals surface area contributed by atoms with Crippen LogP contribution in [0.1, 0.15) is 24.7 Å². The van der Waals surface area contributed by atoms with Crippen LogP contribution in [0.15, 0.2) is 0 Å². The number of hydrogen-bond donors (Lipinski definition) is 2. The third-order valence-corrected chi connectivity index (χ3v) is 3.45. The minimum absolute atomic E-state index is 0.0528. The molecule has 0 saturated carbocycles. The molecule has 2 heterocycles. The molecule has 1 saturated heterocycles. The highest BCUT2D eigenvalue weighted by molar-refractivity contribution is 5.76. The van der Waals surface area contributed by atoms with Gasteiger partial charge in [-0.3, -0.25) is 9.48 Å². The number of aryl methyl sites for hydroxylation is 1. The molecule has 0 aromatic carbocycles. The lowest BCUT2D eigenvalue weighted by Gasteiger charge is -2.16. The lowest BCUT2D eigenvalue weighted by molar-refractivity contribution is -0.122. The van der Waals surface area contributed by atoms with Crippen molar-refractivity contribution in [3.63, 3.8) is 0 Å². The first-order chi connectivity index (χ1) is 8.49. The first kappa shape index (κ1) is 12.9. The summed E-state index contributed by atoms with van der Waals surface area (Å²) in [4.78, 5) is 11.9. The van der Waals surface area contributed by atoms with Crippen LogP contribution in [0.3, 0.4) is 0 Å². The van der Waals surface area contributed by atoms with Crippen molar-refractivity contribution in [2.24, 2.45) is 0 Å². The van der Waals surface area contributed by atoms with Crippen molar-refractivity contribution in [2.75, 3.05) is 12.3 Å². The molecule has 1 aliphatic rings. The summed E-state index contributed by atoms with van der Waals surface area (Å²) in [5.41, 5.74) is 8.08. The molecule has 100 valence electrons. The van der Waals surface area contributed by atoms with Crippen LogP contribution >= 0.6 is 0 Å². The Hall–Kier alpha value is -1.56. The monoisotopic (exact) mass is 252 g/mol. The fourth-order valence-corrected chi connectivity index (χ4v) is 2.17.